The molecule has 0 saturated heterocycles. The van der Waals surface area contributed by atoms with E-state index in [0.29, 0.717) is 0 Å². The fourth-order valence-electron chi connectivity index (χ4n) is 1.37. The van der Waals surface area contributed by atoms with Crippen molar-refractivity contribution in [2.75, 3.05) is 5.75 Å². The van der Waals surface area contributed by atoms with Crippen molar-refractivity contribution >= 4 is 22.5 Å². The molecule has 0 saturated carbocycles. The highest BCUT2D eigenvalue weighted by molar-refractivity contribution is 7.99. The Labute approximate surface area is 82.2 Å². The van der Waals surface area contributed by atoms with Crippen molar-refractivity contribution in [2.45, 2.75) is 11.8 Å². The molecule has 2 rings (SSSR count). The third kappa shape index (κ3) is 1.68. The van der Waals surface area contributed by atoms with E-state index in [4.69, 9.17) is 0 Å². The number of thioether (sulfide) groups is 1. The van der Waals surface area contributed by atoms with E-state index in [0.717, 1.165) is 5.75 Å². The Morgan fingerprint density at radius 1 is 1.31 bits per heavy atom. The molecule has 1 heterocycles. The highest BCUT2D eigenvalue weighted by atomic mass is 32.2. The second-order valence-electron chi connectivity index (χ2n) is 2.79. The van der Waals surface area contributed by atoms with Crippen LogP contribution in [0.3, 0.4) is 0 Å². The van der Waals surface area contributed by atoms with Gasteiger partial charge >= 0.3 is 0 Å². The van der Waals surface area contributed by atoms with Gasteiger partial charge in [-0.2, -0.15) is 0 Å². The number of aromatic nitrogens is 1. The maximum Gasteiger partial charge on any atom is 0.0346 e. The molecule has 1 aromatic heterocycles. The van der Waals surface area contributed by atoms with Crippen LogP contribution >= 0.6 is 11.8 Å². The Balaban J connectivity index is 2.61. The first-order valence-corrected chi connectivity index (χ1v) is 5.36. The largest absolute Gasteiger partial charge is 0.264 e. The van der Waals surface area contributed by atoms with Crippen LogP contribution in [0.25, 0.3) is 10.8 Å². The minimum Gasteiger partial charge on any atom is -0.264 e. The molecule has 66 valence electrons. The van der Waals surface area contributed by atoms with Gasteiger partial charge in [0.2, 0.25) is 0 Å². The Bertz CT molecular complexity index is 406. The molecule has 0 atom stereocenters. The number of hydrogen-bond acceptors (Lipinski definition) is 2. The topological polar surface area (TPSA) is 12.9 Å². The zero-order valence-electron chi connectivity index (χ0n) is 7.53. The fraction of sp³-hybridized carbons (Fsp3) is 0.182. The van der Waals surface area contributed by atoms with Crippen molar-refractivity contribution in [3.05, 3.63) is 36.7 Å². The number of hydrogen-bond donors (Lipinski definition) is 0. The van der Waals surface area contributed by atoms with E-state index in [1.807, 2.05) is 24.2 Å². The third-order valence-electron chi connectivity index (χ3n) is 1.94. The van der Waals surface area contributed by atoms with Crippen LogP contribution in [0.5, 0.6) is 0 Å². The molecular weight excluding hydrogens is 178 g/mol. The van der Waals surface area contributed by atoms with Crippen LogP contribution in [-0.4, -0.2) is 10.7 Å². The summed E-state index contributed by atoms with van der Waals surface area (Å²) in [6.07, 6.45) is 3.76. The van der Waals surface area contributed by atoms with Gasteiger partial charge in [0.25, 0.3) is 0 Å². The molecule has 1 aromatic carbocycles. The van der Waals surface area contributed by atoms with E-state index in [9.17, 15) is 0 Å². The summed E-state index contributed by atoms with van der Waals surface area (Å²) in [5.74, 6) is 1.11. The Morgan fingerprint density at radius 3 is 3.08 bits per heavy atom. The SMILES string of the molecule is CCSc1cccc2cnccc12. The molecule has 0 fully saturated rings. The first kappa shape index (κ1) is 8.57. The minimum atomic E-state index is 1.11. The third-order valence-corrected chi connectivity index (χ3v) is 2.90. The predicted octanol–water partition coefficient (Wildman–Crippen LogP) is 3.35. The van der Waals surface area contributed by atoms with Crippen molar-refractivity contribution < 1.29 is 0 Å². The van der Waals surface area contributed by atoms with Crippen molar-refractivity contribution in [1.29, 1.82) is 0 Å². The van der Waals surface area contributed by atoms with Gasteiger partial charge in [-0.3, -0.25) is 4.98 Å². The van der Waals surface area contributed by atoms with Gasteiger partial charge in [-0.05, 0) is 23.3 Å². The van der Waals surface area contributed by atoms with Crippen molar-refractivity contribution in [2.24, 2.45) is 0 Å². The van der Waals surface area contributed by atoms with Crippen molar-refractivity contribution in [3.8, 4) is 0 Å². The van der Waals surface area contributed by atoms with Gasteiger partial charge in [0.15, 0.2) is 0 Å². The van der Waals surface area contributed by atoms with Crippen molar-refractivity contribution in [1.82, 2.24) is 4.98 Å². The molecular formula is C11H11NS. The van der Waals surface area contributed by atoms with E-state index < -0.39 is 0 Å². The lowest BCUT2D eigenvalue weighted by atomic mass is 10.2. The molecule has 0 aliphatic rings. The number of rotatable bonds is 2. The van der Waals surface area contributed by atoms with Gasteiger partial charge in [-0.25, -0.2) is 0 Å². The summed E-state index contributed by atoms with van der Waals surface area (Å²) in [5, 5.41) is 2.53. The van der Waals surface area contributed by atoms with Gasteiger partial charge in [0, 0.05) is 22.7 Å². The van der Waals surface area contributed by atoms with Crippen LogP contribution in [0.1, 0.15) is 6.92 Å². The van der Waals surface area contributed by atoms with E-state index in [1.54, 1.807) is 0 Å². The minimum absolute atomic E-state index is 1.11. The molecule has 0 spiro atoms. The Kier molecular flexibility index (Phi) is 2.50. The number of fused-ring (bicyclic) bond motifs is 1. The molecule has 0 unspecified atom stereocenters. The summed E-state index contributed by atoms with van der Waals surface area (Å²) in [7, 11) is 0. The highest BCUT2D eigenvalue weighted by Crippen LogP contribution is 2.26. The highest BCUT2D eigenvalue weighted by Gasteiger charge is 1.98. The Hall–Kier alpha value is -1.02. The number of nitrogens with zero attached hydrogens (tertiary/aromatic N) is 1. The first-order chi connectivity index (χ1) is 6.42. The summed E-state index contributed by atoms with van der Waals surface area (Å²) in [6.45, 7) is 2.17. The summed E-state index contributed by atoms with van der Waals surface area (Å²) >= 11 is 1.88. The zero-order valence-corrected chi connectivity index (χ0v) is 8.34. The molecule has 0 amide bonds. The molecule has 0 N–H and O–H groups in total. The lowest BCUT2D eigenvalue weighted by molar-refractivity contribution is 1.35. The molecule has 0 radical (unpaired) electrons. The van der Waals surface area contributed by atoms with Crippen molar-refractivity contribution in [3.63, 3.8) is 0 Å². The molecule has 1 nitrogen and oxygen atoms in total. The Morgan fingerprint density at radius 2 is 2.23 bits per heavy atom. The van der Waals surface area contributed by atoms with Gasteiger partial charge in [-0.1, -0.05) is 19.1 Å². The van der Waals surface area contributed by atoms with Crippen LogP contribution in [0.4, 0.5) is 0 Å². The van der Waals surface area contributed by atoms with Gasteiger partial charge in [0.05, 0.1) is 0 Å². The van der Waals surface area contributed by atoms with Crippen LogP contribution in [0.15, 0.2) is 41.6 Å². The molecule has 13 heavy (non-hydrogen) atoms. The number of benzene rings is 1. The average Bonchev–Trinajstić information content (AvgIpc) is 2.19. The van der Waals surface area contributed by atoms with Crippen LogP contribution in [0, 0.1) is 0 Å². The lowest BCUT2D eigenvalue weighted by Crippen LogP contribution is -1.79. The normalized spacial score (nSPS) is 10.5. The first-order valence-electron chi connectivity index (χ1n) is 4.37. The van der Waals surface area contributed by atoms with E-state index in [2.05, 4.69) is 36.2 Å². The predicted molar refractivity (Wildman–Crippen MR) is 58.1 cm³/mol. The summed E-state index contributed by atoms with van der Waals surface area (Å²) in [6, 6.07) is 8.42. The van der Waals surface area contributed by atoms with Gasteiger partial charge in [0.1, 0.15) is 0 Å². The summed E-state index contributed by atoms with van der Waals surface area (Å²) in [5.41, 5.74) is 0. The monoisotopic (exact) mass is 189 g/mol. The van der Waals surface area contributed by atoms with E-state index in [1.165, 1.54) is 15.7 Å². The van der Waals surface area contributed by atoms with Crippen LogP contribution < -0.4 is 0 Å². The smallest absolute Gasteiger partial charge is 0.0346 e. The van der Waals surface area contributed by atoms with E-state index >= 15 is 0 Å². The van der Waals surface area contributed by atoms with E-state index in [-0.39, 0.29) is 0 Å². The van der Waals surface area contributed by atoms with Crippen LogP contribution in [0.2, 0.25) is 0 Å². The number of pyridine rings is 1. The molecule has 0 bridgehead atoms. The second-order valence-corrected chi connectivity index (χ2v) is 4.09. The second kappa shape index (κ2) is 3.79. The fourth-order valence-corrected chi connectivity index (χ4v) is 2.20. The quantitative estimate of drug-likeness (QED) is 0.672. The van der Waals surface area contributed by atoms with Gasteiger partial charge < -0.3 is 0 Å². The lowest BCUT2D eigenvalue weighted by Gasteiger charge is -2.03. The molecule has 0 aliphatic heterocycles. The molecule has 2 aromatic rings. The maximum atomic E-state index is 4.10. The van der Waals surface area contributed by atoms with Gasteiger partial charge in [-0.15, -0.1) is 11.8 Å². The maximum absolute atomic E-state index is 4.10. The summed E-state index contributed by atoms with van der Waals surface area (Å²) < 4.78 is 0. The zero-order chi connectivity index (χ0) is 9.10. The molecule has 0 aliphatic carbocycles. The molecule has 2 heteroatoms. The standard InChI is InChI=1S/C11H11NS/c1-2-13-11-5-3-4-9-8-12-7-6-10(9)11/h3-8H,2H2,1H3. The average molecular weight is 189 g/mol. The summed E-state index contributed by atoms with van der Waals surface area (Å²) in [4.78, 5) is 5.45. The van der Waals surface area contributed by atoms with Crippen LogP contribution in [-0.2, 0) is 0 Å².